The molecule has 2 N–H and O–H groups in total. The second kappa shape index (κ2) is 4.29. The first-order valence-corrected chi connectivity index (χ1v) is 4.99. The second-order valence-corrected chi connectivity index (χ2v) is 3.62. The minimum atomic E-state index is -0.674. The number of rotatable bonds is 2. The topological polar surface area (TPSA) is 54.3 Å². The molecule has 0 unspecified atom stereocenters. The summed E-state index contributed by atoms with van der Waals surface area (Å²) in [7, 11) is 1.72. The zero-order chi connectivity index (χ0) is 12.4. The van der Waals surface area contributed by atoms with Gasteiger partial charge in [-0.3, -0.25) is 4.79 Å². The van der Waals surface area contributed by atoms with Crippen LogP contribution in [-0.4, -0.2) is 15.6 Å². The maximum absolute atomic E-state index is 13.4. The van der Waals surface area contributed by atoms with Crippen LogP contribution in [0.4, 0.5) is 10.1 Å². The number of phenols is 1. The zero-order valence-corrected chi connectivity index (χ0v) is 9.14. The van der Waals surface area contributed by atoms with E-state index in [-0.39, 0.29) is 11.4 Å². The SMILES string of the molecule is Cn1cccc1C(=O)Nc1ccc(O)cc1F. The van der Waals surface area contributed by atoms with Crippen LogP contribution in [0, 0.1) is 5.82 Å². The van der Waals surface area contributed by atoms with E-state index in [2.05, 4.69) is 5.32 Å². The Hall–Kier alpha value is -2.30. The maximum atomic E-state index is 13.4. The predicted octanol–water partition coefficient (Wildman–Crippen LogP) is 2.12. The molecule has 1 heterocycles. The normalized spacial score (nSPS) is 10.2. The summed E-state index contributed by atoms with van der Waals surface area (Å²) in [6.07, 6.45) is 1.72. The number of carbonyl (C=O) groups is 1. The molecule has 1 aromatic carbocycles. The average molecular weight is 234 g/mol. The summed E-state index contributed by atoms with van der Waals surface area (Å²) in [5.74, 6) is -1.26. The lowest BCUT2D eigenvalue weighted by atomic mass is 10.2. The molecule has 1 amide bonds. The Bertz CT molecular complexity index is 563. The summed E-state index contributed by atoms with van der Waals surface area (Å²) in [6.45, 7) is 0. The van der Waals surface area contributed by atoms with E-state index in [1.807, 2.05) is 0 Å². The lowest BCUT2D eigenvalue weighted by Gasteiger charge is -2.07. The average Bonchev–Trinajstić information content (AvgIpc) is 2.68. The van der Waals surface area contributed by atoms with Crippen molar-refractivity contribution in [1.29, 1.82) is 0 Å². The molecule has 4 nitrogen and oxygen atoms in total. The van der Waals surface area contributed by atoms with Crippen LogP contribution in [0.15, 0.2) is 36.5 Å². The van der Waals surface area contributed by atoms with Crippen LogP contribution in [0.2, 0.25) is 0 Å². The van der Waals surface area contributed by atoms with Crippen molar-refractivity contribution in [3.8, 4) is 5.75 Å². The summed E-state index contributed by atoms with van der Waals surface area (Å²) in [4.78, 5) is 11.8. The Morgan fingerprint density at radius 1 is 1.41 bits per heavy atom. The van der Waals surface area contributed by atoms with Gasteiger partial charge < -0.3 is 15.0 Å². The van der Waals surface area contributed by atoms with Crippen molar-refractivity contribution in [1.82, 2.24) is 4.57 Å². The highest BCUT2D eigenvalue weighted by Crippen LogP contribution is 2.19. The van der Waals surface area contributed by atoms with Gasteiger partial charge in [0, 0.05) is 19.3 Å². The van der Waals surface area contributed by atoms with Crippen LogP contribution in [0.25, 0.3) is 0 Å². The molecule has 0 radical (unpaired) electrons. The third-order valence-electron chi connectivity index (χ3n) is 2.38. The predicted molar refractivity (Wildman–Crippen MR) is 61.4 cm³/mol. The molecule has 0 aliphatic heterocycles. The van der Waals surface area contributed by atoms with Crippen molar-refractivity contribution >= 4 is 11.6 Å². The number of halogens is 1. The first-order valence-electron chi connectivity index (χ1n) is 4.99. The minimum Gasteiger partial charge on any atom is -0.508 e. The van der Waals surface area contributed by atoms with Crippen LogP contribution in [0.5, 0.6) is 5.75 Å². The van der Waals surface area contributed by atoms with Gasteiger partial charge >= 0.3 is 0 Å². The number of aromatic hydroxyl groups is 1. The molecule has 0 bridgehead atoms. The number of amides is 1. The lowest BCUT2D eigenvalue weighted by molar-refractivity contribution is 0.101. The Morgan fingerprint density at radius 3 is 2.76 bits per heavy atom. The Kier molecular flexibility index (Phi) is 2.82. The molecule has 17 heavy (non-hydrogen) atoms. The number of nitrogens with one attached hydrogen (secondary N) is 1. The standard InChI is InChI=1S/C12H11FN2O2/c1-15-6-2-3-11(15)12(17)14-10-5-4-8(16)7-9(10)13/h2-7,16H,1H3,(H,14,17). The summed E-state index contributed by atoms with van der Waals surface area (Å²) in [5.41, 5.74) is 0.464. The molecule has 0 aliphatic carbocycles. The van der Waals surface area contributed by atoms with Crippen LogP contribution in [-0.2, 0) is 7.05 Å². The molecule has 88 valence electrons. The van der Waals surface area contributed by atoms with Crippen LogP contribution in [0.3, 0.4) is 0 Å². The summed E-state index contributed by atoms with van der Waals surface area (Å²) < 4.78 is 15.0. The number of phenolic OH excluding ortho intramolecular Hbond substituents is 1. The minimum absolute atomic E-state index is 0.0361. The van der Waals surface area contributed by atoms with E-state index in [0.717, 1.165) is 6.07 Å². The third kappa shape index (κ3) is 2.28. The van der Waals surface area contributed by atoms with Gasteiger partial charge in [-0.1, -0.05) is 0 Å². The Balaban J connectivity index is 2.22. The summed E-state index contributed by atoms with van der Waals surface area (Å²) in [5, 5.41) is 11.5. The second-order valence-electron chi connectivity index (χ2n) is 3.62. The van der Waals surface area contributed by atoms with Gasteiger partial charge in [0.05, 0.1) is 5.69 Å². The molecule has 0 fully saturated rings. The number of hydrogen-bond acceptors (Lipinski definition) is 2. The van der Waals surface area contributed by atoms with Crippen molar-refractivity contribution in [2.24, 2.45) is 7.05 Å². The van der Waals surface area contributed by atoms with Gasteiger partial charge in [0.15, 0.2) is 0 Å². The van der Waals surface area contributed by atoms with Crippen LogP contribution < -0.4 is 5.32 Å². The maximum Gasteiger partial charge on any atom is 0.272 e. The number of carbonyl (C=O) groups excluding carboxylic acids is 1. The highest BCUT2D eigenvalue weighted by atomic mass is 19.1. The number of aromatic nitrogens is 1. The van der Waals surface area contributed by atoms with Crippen molar-refractivity contribution in [3.63, 3.8) is 0 Å². The van der Waals surface area contributed by atoms with E-state index in [0.29, 0.717) is 5.69 Å². The zero-order valence-electron chi connectivity index (χ0n) is 9.14. The van der Waals surface area contributed by atoms with Crippen molar-refractivity contribution < 1.29 is 14.3 Å². The first-order chi connectivity index (χ1) is 8.08. The quantitative estimate of drug-likeness (QED) is 0.782. The molecular weight excluding hydrogens is 223 g/mol. The molecule has 0 atom stereocenters. The van der Waals surface area contributed by atoms with Crippen molar-refractivity contribution in [2.75, 3.05) is 5.32 Å². The number of aryl methyl sites for hydroxylation is 1. The monoisotopic (exact) mass is 234 g/mol. The van der Waals surface area contributed by atoms with E-state index in [4.69, 9.17) is 5.11 Å². The van der Waals surface area contributed by atoms with Gasteiger partial charge in [-0.2, -0.15) is 0 Å². The smallest absolute Gasteiger partial charge is 0.272 e. The van der Waals surface area contributed by atoms with Gasteiger partial charge in [0.25, 0.3) is 5.91 Å². The van der Waals surface area contributed by atoms with Crippen LogP contribution in [0.1, 0.15) is 10.5 Å². The van der Waals surface area contributed by atoms with Gasteiger partial charge in [-0.15, -0.1) is 0 Å². The Labute approximate surface area is 97.3 Å². The number of anilines is 1. The van der Waals surface area contributed by atoms with Gasteiger partial charge in [0.1, 0.15) is 17.3 Å². The van der Waals surface area contributed by atoms with Crippen molar-refractivity contribution in [2.45, 2.75) is 0 Å². The fourth-order valence-corrected chi connectivity index (χ4v) is 1.49. The molecule has 0 aliphatic rings. The first kappa shape index (κ1) is 11.2. The molecule has 0 saturated heterocycles. The van der Waals surface area contributed by atoms with E-state index in [9.17, 15) is 9.18 Å². The third-order valence-corrected chi connectivity index (χ3v) is 2.38. The summed E-state index contributed by atoms with van der Waals surface area (Å²) in [6, 6.07) is 6.92. The van der Waals surface area contributed by atoms with E-state index < -0.39 is 11.7 Å². The highest BCUT2D eigenvalue weighted by Gasteiger charge is 2.11. The van der Waals surface area contributed by atoms with Crippen molar-refractivity contribution in [3.05, 3.63) is 48.0 Å². The molecule has 5 heteroatoms. The molecule has 0 spiro atoms. The van der Waals surface area contributed by atoms with Crippen LogP contribution >= 0.6 is 0 Å². The molecule has 2 aromatic rings. The lowest BCUT2D eigenvalue weighted by Crippen LogP contribution is -2.16. The van der Waals surface area contributed by atoms with Gasteiger partial charge in [-0.05, 0) is 24.3 Å². The number of benzene rings is 1. The number of nitrogens with zero attached hydrogens (tertiary/aromatic N) is 1. The van der Waals surface area contributed by atoms with Gasteiger partial charge in [-0.25, -0.2) is 4.39 Å². The van der Waals surface area contributed by atoms with E-state index in [1.54, 1.807) is 29.9 Å². The summed E-state index contributed by atoms with van der Waals surface area (Å²) >= 11 is 0. The molecule has 1 aromatic heterocycles. The molecule has 0 saturated carbocycles. The van der Waals surface area contributed by atoms with E-state index >= 15 is 0 Å². The molecular formula is C12H11FN2O2. The van der Waals surface area contributed by atoms with E-state index in [1.165, 1.54) is 12.1 Å². The largest absolute Gasteiger partial charge is 0.508 e. The fourth-order valence-electron chi connectivity index (χ4n) is 1.49. The highest BCUT2D eigenvalue weighted by molar-refractivity contribution is 6.03. The van der Waals surface area contributed by atoms with Gasteiger partial charge in [0.2, 0.25) is 0 Å². The number of hydrogen-bond donors (Lipinski definition) is 2. The Morgan fingerprint density at radius 2 is 2.18 bits per heavy atom. The molecule has 2 rings (SSSR count). The fraction of sp³-hybridized carbons (Fsp3) is 0.0833.